The van der Waals surface area contributed by atoms with Crippen LogP contribution in [0.4, 0.5) is 0 Å². The van der Waals surface area contributed by atoms with Crippen LogP contribution in [0.3, 0.4) is 0 Å². The minimum Gasteiger partial charge on any atom is -0.493 e. The van der Waals surface area contributed by atoms with Gasteiger partial charge in [0, 0.05) is 6.42 Å². The highest BCUT2D eigenvalue weighted by molar-refractivity contribution is 5.91. The molecular weight excluding hydrogens is 342 g/mol. The zero-order valence-electron chi connectivity index (χ0n) is 15.7. The van der Waals surface area contributed by atoms with Crippen molar-refractivity contribution >= 4 is 11.9 Å². The lowest BCUT2D eigenvalue weighted by Gasteiger charge is -2.21. The van der Waals surface area contributed by atoms with Crippen LogP contribution in [-0.2, 0) is 16.0 Å². The third-order valence-corrected chi connectivity index (χ3v) is 4.50. The maximum atomic E-state index is 12.3. The van der Waals surface area contributed by atoms with E-state index in [1.165, 1.54) is 0 Å². The number of nitrogens with one attached hydrogen (secondary N) is 1. The zero-order valence-corrected chi connectivity index (χ0v) is 15.7. The van der Waals surface area contributed by atoms with Crippen molar-refractivity contribution in [2.75, 3.05) is 13.2 Å². The highest BCUT2D eigenvalue weighted by atomic mass is 16.5. The van der Waals surface area contributed by atoms with Crippen molar-refractivity contribution in [3.8, 4) is 5.75 Å². The van der Waals surface area contributed by atoms with Gasteiger partial charge < -0.3 is 14.8 Å². The molecule has 0 bridgehead atoms. The predicted octanol–water partition coefficient (Wildman–Crippen LogP) is 3.68. The molecule has 142 valence electrons. The van der Waals surface area contributed by atoms with Gasteiger partial charge in [-0.2, -0.15) is 0 Å². The highest BCUT2D eigenvalue weighted by Gasteiger charge is 2.19. The van der Waals surface area contributed by atoms with Gasteiger partial charge in [-0.25, -0.2) is 4.79 Å². The molecule has 1 unspecified atom stereocenters. The molecule has 5 heteroatoms. The SMILES string of the molecule is CC(C)CC(NC(=O)COC(=O)c1ccc2c(c1)CCO2)c1ccccc1. The Hall–Kier alpha value is -2.82. The molecule has 3 rings (SSSR count). The Bertz CT molecular complexity index is 801. The minimum atomic E-state index is -0.500. The summed E-state index contributed by atoms with van der Waals surface area (Å²) in [6, 6.07) is 14.9. The largest absolute Gasteiger partial charge is 0.493 e. The molecule has 0 fully saturated rings. The average Bonchev–Trinajstić information content (AvgIpc) is 3.13. The Kier molecular flexibility index (Phi) is 6.12. The summed E-state index contributed by atoms with van der Waals surface area (Å²) in [4.78, 5) is 24.6. The molecule has 5 nitrogen and oxygen atoms in total. The molecule has 27 heavy (non-hydrogen) atoms. The van der Waals surface area contributed by atoms with Crippen molar-refractivity contribution in [1.29, 1.82) is 0 Å². The predicted molar refractivity (Wildman–Crippen MR) is 103 cm³/mol. The first kappa shape index (κ1) is 19.0. The second kappa shape index (κ2) is 8.71. The van der Waals surface area contributed by atoms with Crippen LogP contribution in [0.15, 0.2) is 48.5 Å². The second-order valence-electron chi connectivity index (χ2n) is 7.16. The molecule has 1 atom stereocenters. The van der Waals surface area contributed by atoms with Gasteiger partial charge in [0.1, 0.15) is 5.75 Å². The number of carbonyl (C=O) groups is 2. The highest BCUT2D eigenvalue weighted by Crippen LogP contribution is 2.26. The van der Waals surface area contributed by atoms with Crippen molar-refractivity contribution in [2.45, 2.75) is 32.7 Å². The summed E-state index contributed by atoms with van der Waals surface area (Å²) in [6.07, 6.45) is 1.60. The summed E-state index contributed by atoms with van der Waals surface area (Å²) in [5, 5.41) is 2.98. The van der Waals surface area contributed by atoms with Gasteiger partial charge in [0.15, 0.2) is 6.61 Å². The molecular formula is C22H25NO4. The normalized spacial score (nSPS) is 13.6. The fourth-order valence-corrected chi connectivity index (χ4v) is 3.20. The van der Waals surface area contributed by atoms with Gasteiger partial charge in [0.2, 0.25) is 0 Å². The summed E-state index contributed by atoms with van der Waals surface area (Å²) >= 11 is 0. The third kappa shape index (κ3) is 5.09. The van der Waals surface area contributed by atoms with E-state index in [9.17, 15) is 9.59 Å². The number of esters is 1. The van der Waals surface area contributed by atoms with Crippen molar-refractivity contribution in [1.82, 2.24) is 5.32 Å². The van der Waals surface area contributed by atoms with Gasteiger partial charge in [-0.3, -0.25) is 4.79 Å². The first-order chi connectivity index (χ1) is 13.0. The van der Waals surface area contributed by atoms with E-state index in [4.69, 9.17) is 9.47 Å². The first-order valence-corrected chi connectivity index (χ1v) is 9.30. The van der Waals surface area contributed by atoms with Crippen LogP contribution in [0.1, 0.15) is 47.8 Å². The van der Waals surface area contributed by atoms with Gasteiger partial charge >= 0.3 is 5.97 Å². The maximum absolute atomic E-state index is 12.3. The van der Waals surface area contributed by atoms with E-state index in [0.717, 1.165) is 29.7 Å². The van der Waals surface area contributed by atoms with E-state index in [0.29, 0.717) is 18.1 Å². The van der Waals surface area contributed by atoms with Crippen LogP contribution < -0.4 is 10.1 Å². The zero-order chi connectivity index (χ0) is 19.2. The quantitative estimate of drug-likeness (QED) is 0.758. The first-order valence-electron chi connectivity index (χ1n) is 9.30. The molecule has 1 amide bonds. The lowest BCUT2D eigenvalue weighted by Crippen LogP contribution is -2.33. The lowest BCUT2D eigenvalue weighted by molar-refractivity contribution is -0.125. The number of amides is 1. The Morgan fingerprint density at radius 1 is 1.15 bits per heavy atom. The molecule has 0 saturated carbocycles. The summed E-state index contributed by atoms with van der Waals surface area (Å²) in [7, 11) is 0. The van der Waals surface area contributed by atoms with Crippen LogP contribution in [0.25, 0.3) is 0 Å². The molecule has 1 N–H and O–H groups in total. The fraction of sp³-hybridized carbons (Fsp3) is 0.364. The van der Waals surface area contributed by atoms with E-state index >= 15 is 0 Å². The van der Waals surface area contributed by atoms with Crippen LogP contribution >= 0.6 is 0 Å². The monoisotopic (exact) mass is 367 g/mol. The Morgan fingerprint density at radius 3 is 2.67 bits per heavy atom. The van der Waals surface area contributed by atoms with Crippen molar-refractivity contribution < 1.29 is 19.1 Å². The Morgan fingerprint density at radius 2 is 1.93 bits per heavy atom. The summed E-state index contributed by atoms with van der Waals surface area (Å²) in [6.45, 7) is 4.56. The number of hydrogen-bond acceptors (Lipinski definition) is 4. The van der Waals surface area contributed by atoms with Crippen molar-refractivity contribution in [3.05, 3.63) is 65.2 Å². The Labute approximate surface area is 159 Å². The van der Waals surface area contributed by atoms with Crippen molar-refractivity contribution in [3.63, 3.8) is 0 Å². The van der Waals surface area contributed by atoms with Crippen LogP contribution in [0.2, 0.25) is 0 Å². The number of rotatable bonds is 7. The molecule has 1 heterocycles. The Balaban J connectivity index is 1.56. The molecule has 0 spiro atoms. The van der Waals surface area contributed by atoms with Gasteiger partial charge in [-0.1, -0.05) is 44.2 Å². The van der Waals surface area contributed by atoms with Gasteiger partial charge in [-0.05, 0) is 41.7 Å². The van der Waals surface area contributed by atoms with Gasteiger partial charge in [0.05, 0.1) is 18.2 Å². The second-order valence-corrected chi connectivity index (χ2v) is 7.16. The summed E-state index contributed by atoms with van der Waals surface area (Å²) in [5.74, 6) is 0.428. The standard InChI is InChI=1S/C22H25NO4/c1-15(2)12-19(16-6-4-3-5-7-16)23-21(24)14-27-22(25)18-8-9-20-17(13-18)10-11-26-20/h3-9,13,15,19H,10-12,14H2,1-2H3,(H,23,24). The molecule has 2 aromatic rings. The van der Waals surface area contributed by atoms with Gasteiger partial charge in [0.25, 0.3) is 5.91 Å². The van der Waals surface area contributed by atoms with Crippen LogP contribution in [0.5, 0.6) is 5.75 Å². The van der Waals surface area contributed by atoms with E-state index < -0.39 is 5.97 Å². The lowest BCUT2D eigenvalue weighted by atomic mass is 9.97. The summed E-state index contributed by atoms with van der Waals surface area (Å²) in [5.41, 5.74) is 2.48. The van der Waals surface area contributed by atoms with E-state index in [1.54, 1.807) is 18.2 Å². The van der Waals surface area contributed by atoms with Crippen LogP contribution in [-0.4, -0.2) is 25.1 Å². The third-order valence-electron chi connectivity index (χ3n) is 4.50. The number of hydrogen-bond donors (Lipinski definition) is 1. The molecule has 0 aliphatic carbocycles. The minimum absolute atomic E-state index is 0.102. The number of ether oxygens (including phenoxy) is 2. The summed E-state index contributed by atoms with van der Waals surface area (Å²) < 4.78 is 10.6. The van der Waals surface area contributed by atoms with E-state index in [2.05, 4.69) is 19.2 Å². The molecule has 0 saturated heterocycles. The molecule has 1 aliphatic rings. The molecule has 0 aromatic heterocycles. The topological polar surface area (TPSA) is 64.6 Å². The van der Waals surface area contributed by atoms with Crippen LogP contribution in [0, 0.1) is 5.92 Å². The number of benzene rings is 2. The van der Waals surface area contributed by atoms with Crippen molar-refractivity contribution in [2.24, 2.45) is 5.92 Å². The van der Waals surface area contributed by atoms with E-state index in [-0.39, 0.29) is 18.6 Å². The molecule has 2 aromatic carbocycles. The smallest absolute Gasteiger partial charge is 0.338 e. The fourth-order valence-electron chi connectivity index (χ4n) is 3.20. The van der Waals surface area contributed by atoms with E-state index in [1.807, 2.05) is 30.3 Å². The molecule has 0 radical (unpaired) electrons. The number of carbonyl (C=O) groups excluding carboxylic acids is 2. The van der Waals surface area contributed by atoms with Gasteiger partial charge in [-0.15, -0.1) is 0 Å². The molecule has 1 aliphatic heterocycles. The maximum Gasteiger partial charge on any atom is 0.338 e. The average molecular weight is 367 g/mol. The number of fused-ring (bicyclic) bond motifs is 1.